The van der Waals surface area contributed by atoms with Gasteiger partial charge in [-0.15, -0.1) is 0 Å². The molecule has 30 heavy (non-hydrogen) atoms. The number of hydrogen-bond acceptors (Lipinski definition) is 5. The molecule has 156 valence electrons. The third-order valence-corrected chi connectivity index (χ3v) is 5.62. The van der Waals surface area contributed by atoms with Crippen LogP contribution in [0.15, 0.2) is 36.4 Å². The molecular weight excluding hydrogens is 386 g/mol. The van der Waals surface area contributed by atoms with E-state index in [9.17, 15) is 9.59 Å². The number of ether oxygens (including phenoxy) is 3. The summed E-state index contributed by atoms with van der Waals surface area (Å²) < 4.78 is 16.4. The molecule has 8 nitrogen and oxygen atoms in total. The first kappa shape index (κ1) is 18.6. The maximum Gasteiger partial charge on any atom is 0.317 e. The van der Waals surface area contributed by atoms with E-state index in [0.29, 0.717) is 56.4 Å². The van der Waals surface area contributed by atoms with Crippen LogP contribution in [0.5, 0.6) is 17.2 Å². The third kappa shape index (κ3) is 3.60. The van der Waals surface area contributed by atoms with Crippen LogP contribution >= 0.6 is 0 Å². The quantitative estimate of drug-likeness (QED) is 0.790. The number of urea groups is 1. The molecule has 0 atom stereocenters. The Morgan fingerprint density at radius 1 is 1.07 bits per heavy atom. The normalized spacial score (nSPS) is 16.3. The van der Waals surface area contributed by atoms with E-state index in [1.807, 2.05) is 36.4 Å². The maximum atomic E-state index is 13.4. The van der Waals surface area contributed by atoms with Crippen LogP contribution in [0.1, 0.15) is 21.5 Å². The van der Waals surface area contributed by atoms with E-state index in [0.717, 1.165) is 23.3 Å². The van der Waals surface area contributed by atoms with Crippen molar-refractivity contribution < 1.29 is 23.8 Å². The number of fused-ring (bicyclic) bond motifs is 2. The van der Waals surface area contributed by atoms with Crippen molar-refractivity contribution >= 4 is 11.9 Å². The summed E-state index contributed by atoms with van der Waals surface area (Å²) in [5, 5.41) is 2.80. The molecule has 0 aromatic heterocycles. The SMILES string of the molecule is O=C1NCCN1CCN(Cc1ccc2c(c1)OCO2)C(=O)c1ccc2c(c1)CCO2. The lowest BCUT2D eigenvalue weighted by Gasteiger charge is -2.26. The van der Waals surface area contributed by atoms with Gasteiger partial charge in [0.25, 0.3) is 5.91 Å². The summed E-state index contributed by atoms with van der Waals surface area (Å²) >= 11 is 0. The van der Waals surface area contributed by atoms with Gasteiger partial charge >= 0.3 is 6.03 Å². The minimum absolute atomic E-state index is 0.0676. The number of hydrogen-bond donors (Lipinski definition) is 1. The van der Waals surface area contributed by atoms with Crippen LogP contribution < -0.4 is 19.5 Å². The lowest BCUT2D eigenvalue weighted by Crippen LogP contribution is -2.39. The van der Waals surface area contributed by atoms with Crippen LogP contribution in [0.4, 0.5) is 4.79 Å². The van der Waals surface area contributed by atoms with Crippen molar-refractivity contribution in [3.05, 3.63) is 53.1 Å². The standard InChI is InChI=1S/C22H23N3O5/c26-21(17-2-4-18-16(12-17)5-10-28-18)25(9-8-24-7-6-23-22(24)27)13-15-1-3-19-20(11-15)30-14-29-19/h1-4,11-12H,5-10,13-14H2,(H,23,27). The van der Waals surface area contributed by atoms with Gasteiger partial charge in [-0.2, -0.15) is 0 Å². The first-order chi connectivity index (χ1) is 14.7. The van der Waals surface area contributed by atoms with E-state index in [2.05, 4.69) is 5.32 Å². The number of nitrogens with zero attached hydrogens (tertiary/aromatic N) is 2. The summed E-state index contributed by atoms with van der Waals surface area (Å²) in [7, 11) is 0. The van der Waals surface area contributed by atoms with Gasteiger partial charge in [-0.1, -0.05) is 6.07 Å². The van der Waals surface area contributed by atoms with Crippen molar-refractivity contribution in [2.75, 3.05) is 39.6 Å². The molecule has 0 unspecified atom stereocenters. The average Bonchev–Trinajstić information content (AvgIpc) is 3.50. The Hall–Kier alpha value is -3.42. The average molecular weight is 409 g/mol. The molecule has 0 saturated carbocycles. The highest BCUT2D eigenvalue weighted by Crippen LogP contribution is 2.33. The second kappa shape index (κ2) is 7.78. The van der Waals surface area contributed by atoms with Crippen LogP contribution in [0, 0.1) is 0 Å². The van der Waals surface area contributed by atoms with E-state index in [4.69, 9.17) is 14.2 Å². The number of benzene rings is 2. The number of carbonyl (C=O) groups is 2. The second-order valence-corrected chi connectivity index (χ2v) is 7.55. The molecule has 5 rings (SSSR count). The highest BCUT2D eigenvalue weighted by atomic mass is 16.7. The van der Waals surface area contributed by atoms with Crippen molar-refractivity contribution in [3.8, 4) is 17.2 Å². The van der Waals surface area contributed by atoms with Crippen molar-refractivity contribution in [2.24, 2.45) is 0 Å². The molecule has 3 aliphatic heterocycles. The number of nitrogens with one attached hydrogen (secondary N) is 1. The molecule has 3 aliphatic rings. The highest BCUT2D eigenvalue weighted by Gasteiger charge is 2.24. The molecule has 3 amide bonds. The summed E-state index contributed by atoms with van der Waals surface area (Å²) in [6.45, 7) is 3.49. The Morgan fingerprint density at radius 3 is 2.80 bits per heavy atom. The van der Waals surface area contributed by atoms with Crippen molar-refractivity contribution in [1.29, 1.82) is 0 Å². The molecule has 1 N–H and O–H groups in total. The number of rotatable bonds is 6. The summed E-state index contributed by atoms with van der Waals surface area (Å²) in [6.07, 6.45) is 0.812. The molecule has 0 aliphatic carbocycles. The maximum absolute atomic E-state index is 13.4. The Morgan fingerprint density at radius 2 is 1.93 bits per heavy atom. The minimum Gasteiger partial charge on any atom is -0.493 e. The summed E-state index contributed by atoms with van der Waals surface area (Å²) in [4.78, 5) is 28.8. The number of amides is 3. The first-order valence-electron chi connectivity index (χ1n) is 10.1. The van der Waals surface area contributed by atoms with Crippen LogP contribution in [-0.4, -0.2) is 61.3 Å². The lowest BCUT2D eigenvalue weighted by molar-refractivity contribution is 0.0730. The van der Waals surface area contributed by atoms with Crippen LogP contribution in [0.3, 0.4) is 0 Å². The lowest BCUT2D eigenvalue weighted by atomic mass is 10.1. The zero-order valence-electron chi connectivity index (χ0n) is 16.6. The summed E-state index contributed by atoms with van der Waals surface area (Å²) in [5.74, 6) is 2.18. The molecule has 0 bridgehead atoms. The predicted octanol–water partition coefficient (Wildman–Crippen LogP) is 2.02. The molecule has 0 spiro atoms. The molecule has 8 heteroatoms. The summed E-state index contributed by atoms with van der Waals surface area (Å²) in [5.41, 5.74) is 2.64. The van der Waals surface area contributed by atoms with Gasteiger partial charge in [0, 0.05) is 44.7 Å². The first-order valence-corrected chi connectivity index (χ1v) is 10.1. The third-order valence-electron chi connectivity index (χ3n) is 5.62. The smallest absolute Gasteiger partial charge is 0.317 e. The van der Waals surface area contributed by atoms with Gasteiger partial charge in [0.2, 0.25) is 6.79 Å². The fourth-order valence-corrected chi connectivity index (χ4v) is 3.98. The largest absolute Gasteiger partial charge is 0.493 e. The highest BCUT2D eigenvalue weighted by molar-refractivity contribution is 5.94. The monoisotopic (exact) mass is 409 g/mol. The van der Waals surface area contributed by atoms with Gasteiger partial charge in [0.05, 0.1) is 6.61 Å². The van der Waals surface area contributed by atoms with Gasteiger partial charge in [-0.25, -0.2) is 4.79 Å². The van der Waals surface area contributed by atoms with E-state index in [1.165, 1.54) is 0 Å². The van der Waals surface area contributed by atoms with E-state index >= 15 is 0 Å². The molecule has 0 radical (unpaired) electrons. The summed E-state index contributed by atoms with van der Waals surface area (Å²) in [6, 6.07) is 11.2. The van der Waals surface area contributed by atoms with E-state index < -0.39 is 0 Å². The Kier molecular flexibility index (Phi) is 4.82. The minimum atomic E-state index is -0.0832. The fraction of sp³-hybridized carbons (Fsp3) is 0.364. The number of carbonyl (C=O) groups excluding carboxylic acids is 2. The van der Waals surface area contributed by atoms with Crippen LogP contribution in [0.25, 0.3) is 0 Å². The van der Waals surface area contributed by atoms with Crippen molar-refractivity contribution in [3.63, 3.8) is 0 Å². The van der Waals surface area contributed by atoms with Gasteiger partial charge < -0.3 is 29.3 Å². The predicted molar refractivity (Wildman–Crippen MR) is 108 cm³/mol. The fourth-order valence-electron chi connectivity index (χ4n) is 3.98. The van der Waals surface area contributed by atoms with E-state index in [-0.39, 0.29) is 18.7 Å². The van der Waals surface area contributed by atoms with Crippen molar-refractivity contribution in [1.82, 2.24) is 15.1 Å². The van der Waals surface area contributed by atoms with Crippen LogP contribution in [0.2, 0.25) is 0 Å². The Labute approximate surface area is 174 Å². The van der Waals surface area contributed by atoms with E-state index in [1.54, 1.807) is 9.80 Å². The van der Waals surface area contributed by atoms with Crippen LogP contribution in [-0.2, 0) is 13.0 Å². The van der Waals surface area contributed by atoms with Crippen molar-refractivity contribution in [2.45, 2.75) is 13.0 Å². The molecule has 2 aromatic carbocycles. The molecule has 3 heterocycles. The molecule has 1 fully saturated rings. The Bertz CT molecular complexity index is 993. The van der Waals surface area contributed by atoms with Gasteiger partial charge in [-0.05, 0) is 41.5 Å². The molecular formula is C22H23N3O5. The molecule has 1 saturated heterocycles. The second-order valence-electron chi connectivity index (χ2n) is 7.55. The van der Waals surface area contributed by atoms with Gasteiger partial charge in [0.1, 0.15) is 5.75 Å². The molecule has 2 aromatic rings. The zero-order chi connectivity index (χ0) is 20.5. The topological polar surface area (TPSA) is 80.3 Å². The van der Waals surface area contributed by atoms with Gasteiger partial charge in [0.15, 0.2) is 11.5 Å². The zero-order valence-corrected chi connectivity index (χ0v) is 16.6. The van der Waals surface area contributed by atoms with Gasteiger partial charge in [-0.3, -0.25) is 4.79 Å². The Balaban J connectivity index is 1.37.